The van der Waals surface area contributed by atoms with Crippen LogP contribution in [0, 0.1) is 5.92 Å². The Morgan fingerprint density at radius 1 is 1.53 bits per heavy atom. The van der Waals surface area contributed by atoms with E-state index in [2.05, 4.69) is 0 Å². The van der Waals surface area contributed by atoms with Crippen LogP contribution in [0.3, 0.4) is 0 Å². The van der Waals surface area contributed by atoms with Gasteiger partial charge in [-0.15, -0.1) is 0 Å². The van der Waals surface area contributed by atoms with Crippen LogP contribution in [0.1, 0.15) is 26.7 Å². The Labute approximate surface area is 93.4 Å². The van der Waals surface area contributed by atoms with Crippen molar-refractivity contribution in [3.63, 3.8) is 0 Å². The summed E-state index contributed by atoms with van der Waals surface area (Å²) < 4.78 is 0. The van der Waals surface area contributed by atoms with Crippen molar-refractivity contribution in [2.24, 2.45) is 5.92 Å². The molecule has 1 rings (SSSR count). The molecule has 15 heavy (non-hydrogen) atoms. The third-order valence-electron chi connectivity index (χ3n) is 2.54. The third kappa shape index (κ3) is 3.06. The molecule has 1 aliphatic rings. The van der Waals surface area contributed by atoms with Crippen molar-refractivity contribution in [2.45, 2.75) is 26.7 Å². The first-order chi connectivity index (χ1) is 7.06. The summed E-state index contributed by atoms with van der Waals surface area (Å²) in [5, 5.41) is -0.289. The maximum absolute atomic E-state index is 11.6. The lowest BCUT2D eigenvalue weighted by molar-refractivity contribution is -0.133. The largest absolute Gasteiger partial charge is 0.297 e. The minimum atomic E-state index is -0.289. The highest BCUT2D eigenvalue weighted by Crippen LogP contribution is 2.18. The van der Waals surface area contributed by atoms with Crippen molar-refractivity contribution in [3.05, 3.63) is 0 Å². The fourth-order valence-electron chi connectivity index (χ4n) is 1.23. The average Bonchev–Trinajstić information content (AvgIpc) is 2.22. The highest BCUT2D eigenvalue weighted by Gasteiger charge is 2.29. The van der Waals surface area contributed by atoms with Crippen LogP contribution in [0.2, 0.25) is 0 Å². The van der Waals surface area contributed by atoms with Crippen LogP contribution in [0.25, 0.3) is 0 Å². The molecule has 84 valence electrons. The van der Waals surface area contributed by atoms with Gasteiger partial charge in [-0.3, -0.25) is 19.3 Å². The quantitative estimate of drug-likeness (QED) is 0.736. The van der Waals surface area contributed by atoms with Gasteiger partial charge in [0.15, 0.2) is 5.78 Å². The molecule has 0 radical (unpaired) electrons. The lowest BCUT2D eigenvalue weighted by Crippen LogP contribution is -2.42. The van der Waals surface area contributed by atoms with Crippen LogP contribution in [0.5, 0.6) is 0 Å². The zero-order valence-corrected chi connectivity index (χ0v) is 9.80. The predicted molar refractivity (Wildman–Crippen MR) is 58.6 cm³/mol. The van der Waals surface area contributed by atoms with E-state index < -0.39 is 0 Å². The van der Waals surface area contributed by atoms with E-state index >= 15 is 0 Å². The summed E-state index contributed by atoms with van der Waals surface area (Å²) in [7, 11) is 0. The van der Waals surface area contributed by atoms with Crippen molar-refractivity contribution < 1.29 is 14.4 Å². The molecule has 5 heteroatoms. The van der Waals surface area contributed by atoms with E-state index in [1.165, 1.54) is 0 Å². The maximum atomic E-state index is 11.6. The highest BCUT2D eigenvalue weighted by atomic mass is 32.2. The lowest BCUT2D eigenvalue weighted by Gasteiger charge is -2.24. The molecule has 0 aromatic rings. The second-order valence-corrected chi connectivity index (χ2v) is 4.67. The van der Waals surface area contributed by atoms with E-state index in [0.717, 1.165) is 23.1 Å². The van der Waals surface area contributed by atoms with E-state index in [0.29, 0.717) is 12.2 Å². The fraction of sp³-hybridized carbons (Fsp3) is 0.700. The number of hydrogen-bond donors (Lipinski definition) is 0. The van der Waals surface area contributed by atoms with Crippen LogP contribution in [0.15, 0.2) is 0 Å². The molecule has 0 spiro atoms. The highest BCUT2D eigenvalue weighted by molar-refractivity contribution is 8.13. The summed E-state index contributed by atoms with van der Waals surface area (Å²) in [6, 6.07) is 0. The van der Waals surface area contributed by atoms with Crippen LogP contribution in [-0.4, -0.2) is 34.1 Å². The monoisotopic (exact) mass is 229 g/mol. The first kappa shape index (κ1) is 12.2. The van der Waals surface area contributed by atoms with E-state index in [1.54, 1.807) is 0 Å². The molecule has 1 atom stereocenters. The molecule has 0 aromatic heterocycles. The number of hydrogen-bond acceptors (Lipinski definition) is 4. The summed E-state index contributed by atoms with van der Waals surface area (Å²) in [5.41, 5.74) is 0. The van der Waals surface area contributed by atoms with Crippen LogP contribution in [0.4, 0.5) is 4.79 Å². The summed E-state index contributed by atoms with van der Waals surface area (Å²) >= 11 is 1.11. The molecule has 0 N–H and O–H groups in total. The number of carbonyl (C=O) groups excluding carboxylic acids is 3. The molecule has 0 aliphatic carbocycles. The van der Waals surface area contributed by atoms with Crippen molar-refractivity contribution in [2.75, 3.05) is 12.3 Å². The van der Waals surface area contributed by atoms with E-state index in [4.69, 9.17) is 0 Å². The SMILES string of the molecule is CCC(C)C(=O)CN1C(=O)CCSC1=O. The Balaban J connectivity index is 2.59. The van der Waals surface area contributed by atoms with Gasteiger partial charge in [-0.1, -0.05) is 25.6 Å². The number of thioether (sulfide) groups is 1. The topological polar surface area (TPSA) is 54.5 Å². The van der Waals surface area contributed by atoms with E-state index in [-0.39, 0.29) is 29.4 Å². The van der Waals surface area contributed by atoms with Gasteiger partial charge < -0.3 is 0 Å². The number of Topliss-reactive ketones (excluding diaryl/α,β-unsaturated/α-hetero) is 1. The number of nitrogens with zero attached hydrogens (tertiary/aromatic N) is 1. The molecule has 1 heterocycles. The molecular formula is C10H15NO3S. The third-order valence-corrected chi connectivity index (χ3v) is 3.41. The van der Waals surface area contributed by atoms with Gasteiger partial charge in [-0.05, 0) is 6.42 Å². The van der Waals surface area contributed by atoms with Crippen molar-refractivity contribution >= 4 is 28.7 Å². The molecule has 1 fully saturated rings. The Morgan fingerprint density at radius 3 is 2.73 bits per heavy atom. The number of amides is 2. The smallest absolute Gasteiger partial charge is 0.288 e. The lowest BCUT2D eigenvalue weighted by atomic mass is 10.0. The van der Waals surface area contributed by atoms with Crippen molar-refractivity contribution in [1.29, 1.82) is 0 Å². The molecule has 1 aliphatic heterocycles. The molecule has 1 saturated heterocycles. The van der Waals surface area contributed by atoms with Crippen LogP contribution < -0.4 is 0 Å². The van der Waals surface area contributed by atoms with Crippen molar-refractivity contribution in [3.8, 4) is 0 Å². The molecule has 4 nitrogen and oxygen atoms in total. The van der Waals surface area contributed by atoms with Crippen molar-refractivity contribution in [1.82, 2.24) is 4.90 Å². The predicted octanol–water partition coefficient (Wildman–Crippen LogP) is 1.69. The van der Waals surface area contributed by atoms with Gasteiger partial charge in [0.25, 0.3) is 5.24 Å². The first-order valence-corrected chi connectivity index (χ1v) is 6.04. The van der Waals surface area contributed by atoms with Gasteiger partial charge in [-0.25, -0.2) is 0 Å². The van der Waals surface area contributed by atoms with E-state index in [9.17, 15) is 14.4 Å². The second-order valence-electron chi connectivity index (χ2n) is 3.62. The molecular weight excluding hydrogens is 214 g/mol. The Bertz CT molecular complexity index is 274. The molecule has 2 amide bonds. The molecule has 0 aromatic carbocycles. The van der Waals surface area contributed by atoms with Gasteiger partial charge in [0, 0.05) is 18.1 Å². The second kappa shape index (κ2) is 5.30. The minimum absolute atomic E-state index is 0.0401. The Kier molecular flexibility index (Phi) is 4.32. The maximum Gasteiger partial charge on any atom is 0.288 e. The Morgan fingerprint density at radius 2 is 2.20 bits per heavy atom. The normalized spacial score (nSPS) is 19.2. The van der Waals surface area contributed by atoms with Gasteiger partial charge in [0.2, 0.25) is 5.91 Å². The zero-order valence-electron chi connectivity index (χ0n) is 8.99. The molecule has 0 saturated carbocycles. The van der Waals surface area contributed by atoms with Crippen LogP contribution >= 0.6 is 11.8 Å². The first-order valence-electron chi connectivity index (χ1n) is 5.06. The van der Waals surface area contributed by atoms with Gasteiger partial charge in [0.05, 0.1) is 6.54 Å². The number of carbonyl (C=O) groups is 3. The summed E-state index contributed by atoms with van der Waals surface area (Å²) in [4.78, 5) is 35.4. The van der Waals surface area contributed by atoms with Gasteiger partial charge >= 0.3 is 0 Å². The minimum Gasteiger partial charge on any atom is -0.297 e. The van der Waals surface area contributed by atoms with Crippen LogP contribution in [-0.2, 0) is 9.59 Å². The number of imide groups is 1. The number of ketones is 1. The standard InChI is InChI=1S/C10H15NO3S/c1-3-7(2)8(12)6-11-9(13)4-5-15-10(11)14/h7H,3-6H2,1-2H3. The molecule has 0 bridgehead atoms. The van der Waals surface area contributed by atoms with E-state index in [1.807, 2.05) is 13.8 Å². The molecule has 1 unspecified atom stereocenters. The Hall–Kier alpha value is -0.840. The number of rotatable bonds is 4. The summed E-state index contributed by atoms with van der Waals surface area (Å²) in [6.07, 6.45) is 1.09. The van der Waals surface area contributed by atoms with Gasteiger partial charge in [-0.2, -0.15) is 0 Å². The average molecular weight is 229 g/mol. The van der Waals surface area contributed by atoms with Gasteiger partial charge in [0.1, 0.15) is 0 Å². The fourth-order valence-corrected chi connectivity index (χ4v) is 2.01. The zero-order chi connectivity index (χ0) is 11.4. The summed E-state index contributed by atoms with van der Waals surface area (Å²) in [5.74, 6) is 0.181. The summed E-state index contributed by atoms with van der Waals surface area (Å²) in [6.45, 7) is 3.67.